The van der Waals surface area contributed by atoms with Crippen LogP contribution >= 0.6 is 12.2 Å². The maximum absolute atomic E-state index is 6.44. The molecule has 3 nitrogen and oxygen atoms in total. The summed E-state index contributed by atoms with van der Waals surface area (Å²) >= 11 is 5.70. The van der Waals surface area contributed by atoms with E-state index in [1.807, 2.05) is 0 Å². The Hall–Kier alpha value is -0.350. The molecule has 4 saturated carbocycles. The van der Waals surface area contributed by atoms with Crippen LogP contribution in [0.15, 0.2) is 0 Å². The molecule has 0 aromatic heterocycles. The van der Waals surface area contributed by atoms with Crippen molar-refractivity contribution in [1.82, 2.24) is 4.90 Å². The fraction of sp³-hybridized carbons (Fsp3) is 0.969. The van der Waals surface area contributed by atoms with Gasteiger partial charge in [0.2, 0.25) is 0 Å². The maximum atomic E-state index is 6.44. The van der Waals surface area contributed by atoms with Gasteiger partial charge in [-0.3, -0.25) is 0 Å². The van der Waals surface area contributed by atoms with Gasteiger partial charge in [0.15, 0.2) is 0 Å². The topological polar surface area (TPSA) is 21.7 Å². The van der Waals surface area contributed by atoms with Gasteiger partial charge in [0.05, 0.1) is 13.2 Å². The third kappa shape index (κ3) is 5.13. The smallest absolute Gasteiger partial charge is 0.259 e. The van der Waals surface area contributed by atoms with Crippen LogP contribution in [0.3, 0.4) is 0 Å². The second-order valence-corrected chi connectivity index (χ2v) is 14.9. The molecule has 5 aliphatic rings. The van der Waals surface area contributed by atoms with Gasteiger partial charge in [-0.05, 0) is 122 Å². The van der Waals surface area contributed by atoms with E-state index in [-0.39, 0.29) is 0 Å². The molecule has 0 aromatic rings. The monoisotopic (exact) mass is 517 g/mol. The number of ether oxygens (including phenoxy) is 2. The van der Waals surface area contributed by atoms with E-state index in [2.05, 4.69) is 39.5 Å². The highest BCUT2D eigenvalue weighted by Gasteiger charge is 2.60. The normalized spacial score (nSPS) is 43.4. The van der Waals surface area contributed by atoms with Crippen molar-refractivity contribution in [3.8, 4) is 0 Å². The molecule has 4 heteroatoms. The average Bonchev–Trinajstić information content (AvgIpc) is 3.22. The van der Waals surface area contributed by atoms with Gasteiger partial charge >= 0.3 is 0 Å². The molecule has 36 heavy (non-hydrogen) atoms. The second kappa shape index (κ2) is 11.0. The Morgan fingerprint density at radius 1 is 0.917 bits per heavy atom. The van der Waals surface area contributed by atoms with Gasteiger partial charge in [0.1, 0.15) is 6.10 Å². The van der Waals surface area contributed by atoms with Crippen molar-refractivity contribution < 1.29 is 9.47 Å². The molecule has 0 spiro atoms. The van der Waals surface area contributed by atoms with Crippen molar-refractivity contribution in [1.29, 1.82) is 0 Å². The van der Waals surface area contributed by atoms with Crippen LogP contribution < -0.4 is 0 Å². The largest absolute Gasteiger partial charge is 0.468 e. The Kier molecular flexibility index (Phi) is 8.34. The second-order valence-electron chi connectivity index (χ2n) is 14.6. The van der Waals surface area contributed by atoms with Crippen molar-refractivity contribution in [3.63, 3.8) is 0 Å². The minimum atomic E-state index is 0.325. The summed E-state index contributed by atoms with van der Waals surface area (Å²) in [4.78, 5) is 2.21. The molecular formula is C32H55NO2S. The zero-order valence-electron chi connectivity index (χ0n) is 24.1. The first-order chi connectivity index (χ1) is 17.2. The van der Waals surface area contributed by atoms with Crippen molar-refractivity contribution in [2.45, 2.75) is 118 Å². The summed E-state index contributed by atoms with van der Waals surface area (Å²) in [6, 6.07) is 0. The lowest BCUT2D eigenvalue weighted by atomic mass is 9.44. The first-order valence-electron chi connectivity index (χ1n) is 15.8. The van der Waals surface area contributed by atoms with E-state index in [4.69, 9.17) is 21.7 Å². The SMILES string of the molecule is CC(C)CCCC(C)C1CCC2C3CCC4CC(OC(=S)N5CCOCC5)CC[C@]4(C)C3CC[C@]12C. The molecule has 0 radical (unpaired) electrons. The quantitative estimate of drug-likeness (QED) is 0.332. The summed E-state index contributed by atoms with van der Waals surface area (Å²) < 4.78 is 11.9. The van der Waals surface area contributed by atoms with Gasteiger partial charge in [-0.25, -0.2) is 0 Å². The Balaban J connectivity index is 1.20. The predicted octanol–water partition coefficient (Wildman–Crippen LogP) is 8.11. The summed E-state index contributed by atoms with van der Waals surface area (Å²) in [6.07, 6.45) is 17.2. The number of morpholine rings is 1. The van der Waals surface area contributed by atoms with E-state index in [1.54, 1.807) is 0 Å². The summed E-state index contributed by atoms with van der Waals surface area (Å²) in [7, 11) is 0. The molecule has 1 saturated heterocycles. The molecule has 7 unspecified atom stereocenters. The summed E-state index contributed by atoms with van der Waals surface area (Å²) in [5, 5.41) is 0.730. The lowest BCUT2D eigenvalue weighted by Crippen LogP contribution is -2.54. The highest BCUT2D eigenvalue weighted by molar-refractivity contribution is 7.80. The first-order valence-corrected chi connectivity index (χ1v) is 16.2. The number of rotatable bonds is 6. The summed E-state index contributed by atoms with van der Waals surface area (Å²) in [5.41, 5.74) is 1.12. The van der Waals surface area contributed by atoms with E-state index in [0.29, 0.717) is 16.9 Å². The van der Waals surface area contributed by atoms with E-state index in [0.717, 1.165) is 72.9 Å². The fourth-order valence-corrected chi connectivity index (χ4v) is 10.6. The minimum absolute atomic E-state index is 0.325. The zero-order chi connectivity index (χ0) is 25.5. The van der Waals surface area contributed by atoms with Gasteiger partial charge < -0.3 is 14.4 Å². The van der Waals surface area contributed by atoms with Crippen LogP contribution in [0.4, 0.5) is 0 Å². The summed E-state index contributed by atoms with van der Waals surface area (Å²) in [5.74, 6) is 6.44. The summed E-state index contributed by atoms with van der Waals surface area (Å²) in [6.45, 7) is 16.1. The maximum Gasteiger partial charge on any atom is 0.259 e. The van der Waals surface area contributed by atoms with Gasteiger partial charge in [-0.15, -0.1) is 0 Å². The van der Waals surface area contributed by atoms with Gasteiger partial charge in [-0.2, -0.15) is 0 Å². The van der Waals surface area contributed by atoms with Gasteiger partial charge in [0.25, 0.3) is 5.17 Å². The number of hydrogen-bond donors (Lipinski definition) is 0. The third-order valence-electron chi connectivity index (χ3n) is 12.4. The van der Waals surface area contributed by atoms with Gasteiger partial charge in [0, 0.05) is 13.1 Å². The van der Waals surface area contributed by atoms with Crippen LogP contribution in [0.2, 0.25) is 0 Å². The average molecular weight is 518 g/mol. The number of fused-ring (bicyclic) bond motifs is 5. The lowest BCUT2D eigenvalue weighted by Gasteiger charge is -2.61. The Bertz CT molecular complexity index is 765. The highest BCUT2D eigenvalue weighted by Crippen LogP contribution is 2.68. The molecule has 0 N–H and O–H groups in total. The van der Waals surface area contributed by atoms with Crippen LogP contribution in [-0.2, 0) is 9.47 Å². The molecule has 1 heterocycles. The predicted molar refractivity (Wildman–Crippen MR) is 153 cm³/mol. The molecule has 9 atom stereocenters. The van der Waals surface area contributed by atoms with E-state index in [9.17, 15) is 0 Å². The van der Waals surface area contributed by atoms with Gasteiger partial charge in [-0.1, -0.05) is 53.9 Å². The standard InChI is InChI=1S/C32H55NO2S/c1-22(2)7-6-8-23(3)27-11-12-28-26-10-9-24-21-25(35-30(36)33-17-19-34-20-18-33)13-15-31(24,4)29(26)14-16-32(27,28)5/h22-29H,6-21H2,1-5H3/t23?,24?,25?,26?,27?,28?,29?,31-,32+/m0/s1. The molecule has 0 bridgehead atoms. The van der Waals surface area contributed by atoms with E-state index in [1.165, 1.54) is 77.0 Å². The molecule has 0 amide bonds. The van der Waals surface area contributed by atoms with Crippen LogP contribution in [0, 0.1) is 52.3 Å². The van der Waals surface area contributed by atoms with Crippen molar-refractivity contribution in [2.24, 2.45) is 52.3 Å². The molecule has 206 valence electrons. The Morgan fingerprint density at radius 3 is 2.39 bits per heavy atom. The molecule has 0 aromatic carbocycles. The molecule has 1 aliphatic heterocycles. The van der Waals surface area contributed by atoms with E-state index >= 15 is 0 Å². The number of nitrogens with zero attached hydrogens (tertiary/aromatic N) is 1. The van der Waals surface area contributed by atoms with Crippen molar-refractivity contribution in [3.05, 3.63) is 0 Å². The third-order valence-corrected chi connectivity index (χ3v) is 12.7. The Morgan fingerprint density at radius 2 is 1.64 bits per heavy atom. The molecule has 5 fully saturated rings. The molecule has 5 rings (SSSR count). The van der Waals surface area contributed by atoms with Crippen molar-refractivity contribution >= 4 is 17.4 Å². The minimum Gasteiger partial charge on any atom is -0.468 e. The van der Waals surface area contributed by atoms with Crippen LogP contribution in [0.1, 0.15) is 112 Å². The molecule has 4 aliphatic carbocycles. The molecular weight excluding hydrogens is 462 g/mol. The Labute approximate surface area is 227 Å². The highest BCUT2D eigenvalue weighted by atomic mass is 32.1. The van der Waals surface area contributed by atoms with Crippen LogP contribution in [0.5, 0.6) is 0 Å². The number of hydrogen-bond acceptors (Lipinski definition) is 3. The zero-order valence-corrected chi connectivity index (χ0v) is 24.9. The number of thiocarbonyl (C=S) groups is 1. The van der Waals surface area contributed by atoms with Crippen molar-refractivity contribution in [2.75, 3.05) is 26.3 Å². The van der Waals surface area contributed by atoms with Crippen LogP contribution in [-0.4, -0.2) is 42.5 Å². The fourth-order valence-electron chi connectivity index (χ4n) is 10.3. The first kappa shape index (κ1) is 27.2. The van der Waals surface area contributed by atoms with Crippen LogP contribution in [0.25, 0.3) is 0 Å². The van der Waals surface area contributed by atoms with E-state index < -0.39 is 0 Å². The lowest BCUT2D eigenvalue weighted by molar-refractivity contribution is -0.128.